The van der Waals surface area contributed by atoms with Gasteiger partial charge in [0.15, 0.2) is 0 Å². The molecule has 1 aliphatic heterocycles. The molecule has 1 N–H and O–H groups in total. The van der Waals surface area contributed by atoms with E-state index < -0.39 is 5.60 Å². The summed E-state index contributed by atoms with van der Waals surface area (Å²) in [6.07, 6.45) is 5.73. The fraction of sp³-hybridized carbons (Fsp3) is 0.778. The van der Waals surface area contributed by atoms with Crippen molar-refractivity contribution in [3.05, 3.63) is 18.0 Å². The van der Waals surface area contributed by atoms with Crippen LogP contribution in [-0.4, -0.2) is 46.0 Å². The minimum absolute atomic E-state index is 0.193. The molecule has 2 heterocycles. The number of aromatic nitrogens is 2. The van der Waals surface area contributed by atoms with Crippen LogP contribution in [0.1, 0.15) is 59.1 Å². The van der Waals surface area contributed by atoms with Gasteiger partial charge >= 0.3 is 6.09 Å². The molecule has 1 fully saturated rings. The normalized spacial score (nSPS) is 19.2. The number of hydrogen-bond donors (Lipinski definition) is 1. The lowest BCUT2D eigenvalue weighted by Gasteiger charge is -2.40. The van der Waals surface area contributed by atoms with Crippen molar-refractivity contribution >= 4 is 6.09 Å². The lowest BCUT2D eigenvalue weighted by molar-refractivity contribution is 0.0117. The Balaban J connectivity index is 1.80. The van der Waals surface area contributed by atoms with Crippen LogP contribution in [0.5, 0.6) is 0 Å². The van der Waals surface area contributed by atoms with E-state index in [1.54, 1.807) is 0 Å². The molecule has 6 heteroatoms. The Morgan fingerprint density at radius 1 is 1.42 bits per heavy atom. The Labute approximate surface area is 145 Å². The van der Waals surface area contributed by atoms with Gasteiger partial charge in [-0.25, -0.2) is 4.79 Å². The summed E-state index contributed by atoms with van der Waals surface area (Å²) in [4.78, 5) is 14.0. The Bertz CT molecular complexity index is 554. The third-order valence-electron chi connectivity index (χ3n) is 4.68. The van der Waals surface area contributed by atoms with Gasteiger partial charge in [0.2, 0.25) is 0 Å². The van der Waals surface area contributed by atoms with Crippen LogP contribution < -0.4 is 5.32 Å². The second-order valence-corrected chi connectivity index (χ2v) is 8.33. The molecule has 1 aliphatic rings. The fourth-order valence-corrected chi connectivity index (χ4v) is 2.91. The van der Waals surface area contributed by atoms with Crippen LogP contribution in [0.2, 0.25) is 0 Å². The second-order valence-electron chi connectivity index (χ2n) is 8.33. The number of amides is 1. The summed E-state index contributed by atoms with van der Waals surface area (Å²) in [5.41, 5.74) is 0.973. The molecular weight excluding hydrogens is 304 g/mol. The standard InChI is InChI=1S/C18H32N4O2/c1-14(15-11-20-21(6)12-15)19-13-18(5)7-9-22(10-8-18)16(23)24-17(2,3)4/h11-12,14,19H,7-10,13H2,1-6H3/t14-/m0/s1. The van der Waals surface area contributed by atoms with Crippen LogP contribution in [0.25, 0.3) is 0 Å². The first-order chi connectivity index (χ1) is 11.1. The molecule has 1 atom stereocenters. The van der Waals surface area contributed by atoms with Crippen LogP contribution >= 0.6 is 0 Å². The molecule has 0 aromatic carbocycles. The maximum Gasteiger partial charge on any atom is 0.410 e. The largest absolute Gasteiger partial charge is 0.444 e. The number of carbonyl (C=O) groups is 1. The van der Waals surface area contributed by atoms with Gasteiger partial charge in [-0.3, -0.25) is 4.68 Å². The summed E-state index contributed by atoms with van der Waals surface area (Å²) in [5.74, 6) is 0. The first kappa shape index (κ1) is 18.8. The predicted octanol–water partition coefficient (Wildman–Crippen LogP) is 3.11. The van der Waals surface area contributed by atoms with E-state index in [1.807, 2.05) is 49.8 Å². The molecule has 136 valence electrons. The minimum atomic E-state index is -0.432. The number of likely N-dealkylation sites (tertiary alicyclic amines) is 1. The molecule has 0 unspecified atom stereocenters. The summed E-state index contributed by atoms with van der Waals surface area (Å²) in [7, 11) is 1.93. The average molecular weight is 336 g/mol. The van der Waals surface area contributed by atoms with Gasteiger partial charge in [-0.1, -0.05) is 6.92 Å². The maximum atomic E-state index is 12.2. The van der Waals surface area contributed by atoms with Crippen molar-refractivity contribution in [3.8, 4) is 0 Å². The van der Waals surface area contributed by atoms with Gasteiger partial charge in [0.05, 0.1) is 6.20 Å². The van der Waals surface area contributed by atoms with E-state index in [9.17, 15) is 4.79 Å². The van der Waals surface area contributed by atoms with Crippen molar-refractivity contribution in [1.82, 2.24) is 20.0 Å². The van der Waals surface area contributed by atoms with Crippen molar-refractivity contribution < 1.29 is 9.53 Å². The molecule has 1 aromatic rings. The summed E-state index contributed by atoms with van der Waals surface area (Å²) in [5, 5.41) is 7.84. The van der Waals surface area contributed by atoms with Crippen LogP contribution in [0, 0.1) is 5.41 Å². The van der Waals surface area contributed by atoms with E-state index in [2.05, 4.69) is 24.3 Å². The molecule has 0 aliphatic carbocycles. The number of piperidine rings is 1. The van der Waals surface area contributed by atoms with E-state index >= 15 is 0 Å². The topological polar surface area (TPSA) is 59.4 Å². The minimum Gasteiger partial charge on any atom is -0.444 e. The maximum absolute atomic E-state index is 12.2. The first-order valence-electron chi connectivity index (χ1n) is 8.78. The molecule has 0 radical (unpaired) electrons. The zero-order chi connectivity index (χ0) is 18.0. The van der Waals surface area contributed by atoms with Crippen molar-refractivity contribution in [2.75, 3.05) is 19.6 Å². The van der Waals surface area contributed by atoms with Crippen LogP contribution in [0.3, 0.4) is 0 Å². The van der Waals surface area contributed by atoms with E-state index in [0.29, 0.717) is 0 Å². The molecule has 2 rings (SSSR count). The van der Waals surface area contributed by atoms with E-state index in [4.69, 9.17) is 4.74 Å². The fourth-order valence-electron chi connectivity index (χ4n) is 2.91. The number of nitrogens with zero attached hydrogens (tertiary/aromatic N) is 3. The zero-order valence-corrected chi connectivity index (χ0v) is 15.9. The number of ether oxygens (including phenoxy) is 1. The lowest BCUT2D eigenvalue weighted by atomic mass is 9.80. The Morgan fingerprint density at radius 3 is 2.54 bits per heavy atom. The number of rotatable bonds is 4. The van der Waals surface area contributed by atoms with E-state index in [1.165, 1.54) is 5.56 Å². The van der Waals surface area contributed by atoms with Gasteiger partial charge in [0.25, 0.3) is 0 Å². The smallest absolute Gasteiger partial charge is 0.410 e. The van der Waals surface area contributed by atoms with Crippen molar-refractivity contribution in [3.63, 3.8) is 0 Å². The highest BCUT2D eigenvalue weighted by Gasteiger charge is 2.33. The zero-order valence-electron chi connectivity index (χ0n) is 15.9. The highest BCUT2D eigenvalue weighted by Crippen LogP contribution is 2.31. The third kappa shape index (κ3) is 5.23. The second kappa shape index (κ2) is 7.13. The molecule has 1 saturated heterocycles. The van der Waals surface area contributed by atoms with Gasteiger partial charge in [-0.2, -0.15) is 5.10 Å². The molecule has 0 bridgehead atoms. The quantitative estimate of drug-likeness (QED) is 0.918. The van der Waals surface area contributed by atoms with Gasteiger partial charge in [0, 0.05) is 44.5 Å². The lowest BCUT2D eigenvalue weighted by Crippen LogP contribution is -2.47. The summed E-state index contributed by atoms with van der Waals surface area (Å²) in [6, 6.07) is 0.277. The van der Waals surface area contributed by atoms with Crippen molar-refractivity contribution in [2.24, 2.45) is 12.5 Å². The summed E-state index contributed by atoms with van der Waals surface area (Å²) >= 11 is 0. The molecular formula is C18H32N4O2. The molecule has 1 aromatic heterocycles. The third-order valence-corrected chi connectivity index (χ3v) is 4.68. The van der Waals surface area contributed by atoms with Gasteiger partial charge in [-0.15, -0.1) is 0 Å². The summed E-state index contributed by atoms with van der Waals surface area (Å²) in [6.45, 7) is 12.6. The monoisotopic (exact) mass is 336 g/mol. The van der Waals surface area contributed by atoms with Crippen LogP contribution in [0.4, 0.5) is 4.79 Å². The molecule has 6 nitrogen and oxygen atoms in total. The number of carbonyl (C=O) groups excluding carboxylic acids is 1. The SMILES string of the molecule is C[C@H](NCC1(C)CCN(C(=O)OC(C)(C)C)CC1)c1cnn(C)c1. The number of nitrogens with one attached hydrogen (secondary N) is 1. The molecule has 1 amide bonds. The molecule has 24 heavy (non-hydrogen) atoms. The van der Waals surface area contributed by atoms with Gasteiger partial charge in [-0.05, 0) is 46.0 Å². The Hall–Kier alpha value is -1.56. The molecule has 0 spiro atoms. The Kier molecular flexibility index (Phi) is 5.58. The van der Waals surface area contributed by atoms with Gasteiger partial charge in [0.1, 0.15) is 5.60 Å². The summed E-state index contributed by atoms with van der Waals surface area (Å²) < 4.78 is 7.29. The predicted molar refractivity (Wildman–Crippen MR) is 94.8 cm³/mol. The highest BCUT2D eigenvalue weighted by atomic mass is 16.6. The van der Waals surface area contributed by atoms with E-state index in [-0.39, 0.29) is 17.6 Å². The van der Waals surface area contributed by atoms with Gasteiger partial charge < -0.3 is 15.0 Å². The van der Waals surface area contributed by atoms with Crippen LogP contribution in [-0.2, 0) is 11.8 Å². The van der Waals surface area contributed by atoms with E-state index in [0.717, 1.165) is 32.5 Å². The van der Waals surface area contributed by atoms with Crippen molar-refractivity contribution in [1.29, 1.82) is 0 Å². The number of hydrogen-bond acceptors (Lipinski definition) is 4. The number of aryl methyl sites for hydroxylation is 1. The van der Waals surface area contributed by atoms with Crippen molar-refractivity contribution in [2.45, 2.75) is 59.1 Å². The highest BCUT2D eigenvalue weighted by molar-refractivity contribution is 5.68. The van der Waals surface area contributed by atoms with Crippen LogP contribution in [0.15, 0.2) is 12.4 Å². The average Bonchev–Trinajstić information content (AvgIpc) is 2.90. The first-order valence-corrected chi connectivity index (χ1v) is 8.78. The molecule has 0 saturated carbocycles. The Morgan fingerprint density at radius 2 is 2.04 bits per heavy atom.